The van der Waals surface area contributed by atoms with Gasteiger partial charge in [-0.05, 0) is 49.4 Å². The molecule has 3 aromatic rings. The van der Waals surface area contributed by atoms with Crippen LogP contribution >= 0.6 is 0 Å². The highest BCUT2D eigenvalue weighted by molar-refractivity contribution is 7.89. The Labute approximate surface area is 195 Å². The van der Waals surface area contributed by atoms with Gasteiger partial charge in [0.15, 0.2) is 0 Å². The van der Waals surface area contributed by atoms with Crippen LogP contribution in [-0.2, 0) is 10.0 Å². The highest BCUT2D eigenvalue weighted by atomic mass is 32.2. The Balaban J connectivity index is 1.64. The topological polar surface area (TPSA) is 79.8 Å². The number of hydrogen-bond donors (Lipinski definition) is 0. The lowest BCUT2D eigenvalue weighted by molar-refractivity contribution is 0.0764. The molecule has 174 valence electrons. The maximum absolute atomic E-state index is 13.7. The number of aryl methyl sites for hydroxylation is 1. The van der Waals surface area contributed by atoms with Crippen LogP contribution < -0.4 is 4.74 Å². The fraction of sp³-hybridized carbons (Fsp3) is 0.360. The lowest BCUT2D eigenvalue weighted by Gasteiger charge is -2.23. The summed E-state index contributed by atoms with van der Waals surface area (Å²) < 4.78 is 35.0. The van der Waals surface area contributed by atoms with Crippen LogP contribution in [0.5, 0.6) is 5.75 Å². The average molecular weight is 468 g/mol. The summed E-state index contributed by atoms with van der Waals surface area (Å²) in [5.74, 6) is 0.288. The molecule has 0 bridgehead atoms. The lowest BCUT2D eigenvalue weighted by atomic mass is 10.1. The maximum Gasteiger partial charge on any atom is 0.253 e. The third-order valence-electron chi connectivity index (χ3n) is 5.87. The SMILES string of the molecule is CCCOc1c(S(=O)(=O)N2CCCN(C(=O)c3ccccc3)CC2)ccc2ccnc(C)c12. The minimum absolute atomic E-state index is 0.0748. The van der Waals surface area contributed by atoms with E-state index < -0.39 is 10.0 Å². The third kappa shape index (κ3) is 4.72. The van der Waals surface area contributed by atoms with E-state index in [4.69, 9.17) is 4.74 Å². The number of rotatable bonds is 6. The molecule has 8 heteroatoms. The van der Waals surface area contributed by atoms with Crippen molar-refractivity contribution in [2.24, 2.45) is 0 Å². The number of fused-ring (bicyclic) bond motifs is 1. The quantitative estimate of drug-likeness (QED) is 0.550. The molecule has 1 amide bonds. The van der Waals surface area contributed by atoms with E-state index in [1.165, 1.54) is 4.31 Å². The number of carbonyl (C=O) groups is 1. The second kappa shape index (κ2) is 9.89. The second-order valence-corrected chi connectivity index (χ2v) is 10.1. The van der Waals surface area contributed by atoms with Crippen LogP contribution in [0, 0.1) is 6.92 Å². The summed E-state index contributed by atoms with van der Waals surface area (Å²) in [5.41, 5.74) is 1.34. The summed E-state index contributed by atoms with van der Waals surface area (Å²) in [5, 5.41) is 1.62. The first-order valence-corrected chi connectivity index (χ1v) is 12.7. The van der Waals surface area contributed by atoms with Gasteiger partial charge in [0, 0.05) is 49.0 Å². The molecule has 0 atom stereocenters. The van der Waals surface area contributed by atoms with Gasteiger partial charge >= 0.3 is 0 Å². The molecule has 1 fully saturated rings. The van der Waals surface area contributed by atoms with Gasteiger partial charge in [0.2, 0.25) is 10.0 Å². The second-order valence-electron chi connectivity index (χ2n) is 8.15. The van der Waals surface area contributed by atoms with Gasteiger partial charge in [-0.1, -0.05) is 31.2 Å². The largest absolute Gasteiger partial charge is 0.491 e. The molecule has 2 heterocycles. The molecule has 0 spiro atoms. The Bertz CT molecular complexity index is 1250. The number of carbonyl (C=O) groups excluding carboxylic acids is 1. The number of sulfonamides is 1. The first-order chi connectivity index (χ1) is 15.9. The van der Waals surface area contributed by atoms with Gasteiger partial charge in [-0.2, -0.15) is 4.31 Å². The average Bonchev–Trinajstić information content (AvgIpc) is 3.09. The molecule has 0 saturated carbocycles. The van der Waals surface area contributed by atoms with Crippen LogP contribution in [0.1, 0.15) is 35.8 Å². The van der Waals surface area contributed by atoms with Crippen molar-refractivity contribution in [1.82, 2.24) is 14.2 Å². The minimum atomic E-state index is -3.83. The number of amides is 1. The standard InChI is InChI=1S/C25H29N3O4S/c1-3-18-32-24-22(11-10-20-12-13-26-19(2)23(20)24)33(30,31)28-15-7-14-27(16-17-28)25(29)21-8-5-4-6-9-21/h4-6,8-13H,3,7,14-18H2,1-2H3. The monoisotopic (exact) mass is 467 g/mol. The molecule has 1 aliphatic rings. The van der Waals surface area contributed by atoms with Gasteiger partial charge in [0.05, 0.1) is 6.61 Å². The molecular weight excluding hydrogens is 438 g/mol. The molecule has 1 saturated heterocycles. The van der Waals surface area contributed by atoms with Gasteiger partial charge in [-0.25, -0.2) is 8.42 Å². The summed E-state index contributed by atoms with van der Waals surface area (Å²) in [7, 11) is -3.83. The van der Waals surface area contributed by atoms with E-state index in [0.717, 1.165) is 22.9 Å². The molecule has 33 heavy (non-hydrogen) atoms. The summed E-state index contributed by atoms with van der Waals surface area (Å²) in [4.78, 5) is 19.1. The van der Waals surface area contributed by atoms with Gasteiger partial charge < -0.3 is 9.64 Å². The molecule has 1 aromatic heterocycles. The number of nitrogens with zero attached hydrogens (tertiary/aromatic N) is 3. The lowest BCUT2D eigenvalue weighted by Crippen LogP contribution is -2.37. The van der Waals surface area contributed by atoms with Crippen LogP contribution in [0.2, 0.25) is 0 Å². The van der Waals surface area contributed by atoms with Crippen LogP contribution in [-0.4, -0.2) is 61.3 Å². The van der Waals surface area contributed by atoms with Gasteiger partial charge in [0.25, 0.3) is 5.91 Å². The van der Waals surface area contributed by atoms with Crippen molar-refractivity contribution in [2.75, 3.05) is 32.8 Å². The van der Waals surface area contributed by atoms with Gasteiger partial charge in [-0.15, -0.1) is 0 Å². The van der Waals surface area contributed by atoms with E-state index in [-0.39, 0.29) is 17.3 Å². The number of benzene rings is 2. The first-order valence-electron chi connectivity index (χ1n) is 11.3. The molecule has 7 nitrogen and oxygen atoms in total. The Morgan fingerprint density at radius 1 is 1.03 bits per heavy atom. The van der Waals surface area contributed by atoms with E-state index >= 15 is 0 Å². The molecule has 0 radical (unpaired) electrons. The van der Waals surface area contributed by atoms with Crippen molar-refractivity contribution in [3.63, 3.8) is 0 Å². The van der Waals surface area contributed by atoms with E-state index in [1.807, 2.05) is 38.1 Å². The van der Waals surface area contributed by atoms with E-state index in [2.05, 4.69) is 4.98 Å². The number of pyridine rings is 1. The van der Waals surface area contributed by atoms with E-state index in [9.17, 15) is 13.2 Å². The molecule has 0 aliphatic carbocycles. The van der Waals surface area contributed by atoms with Crippen molar-refractivity contribution in [3.05, 3.63) is 66.0 Å². The van der Waals surface area contributed by atoms with Crippen molar-refractivity contribution in [3.8, 4) is 5.75 Å². The smallest absolute Gasteiger partial charge is 0.253 e. The van der Waals surface area contributed by atoms with Crippen LogP contribution in [0.4, 0.5) is 0 Å². The highest BCUT2D eigenvalue weighted by Gasteiger charge is 2.32. The summed E-state index contributed by atoms with van der Waals surface area (Å²) in [6, 6.07) is 14.4. The number of aromatic nitrogens is 1. The molecular formula is C25H29N3O4S. The Hall–Kier alpha value is -2.97. The highest BCUT2D eigenvalue weighted by Crippen LogP contribution is 2.36. The molecule has 0 N–H and O–H groups in total. The Morgan fingerprint density at radius 3 is 2.58 bits per heavy atom. The van der Waals surface area contributed by atoms with Gasteiger partial charge in [0.1, 0.15) is 10.6 Å². The molecule has 0 unspecified atom stereocenters. The predicted molar refractivity (Wildman–Crippen MR) is 128 cm³/mol. The molecule has 2 aromatic carbocycles. The molecule has 4 rings (SSSR count). The normalized spacial score (nSPS) is 15.4. The fourth-order valence-electron chi connectivity index (χ4n) is 4.17. The zero-order valence-electron chi connectivity index (χ0n) is 19.0. The number of ether oxygens (including phenoxy) is 1. The summed E-state index contributed by atoms with van der Waals surface area (Å²) in [6.45, 7) is 5.69. The van der Waals surface area contributed by atoms with E-state index in [0.29, 0.717) is 44.0 Å². The van der Waals surface area contributed by atoms with Crippen LogP contribution in [0.15, 0.2) is 59.6 Å². The van der Waals surface area contributed by atoms with E-state index in [1.54, 1.807) is 35.4 Å². The maximum atomic E-state index is 13.7. The Morgan fingerprint density at radius 2 is 1.82 bits per heavy atom. The first kappa shape index (κ1) is 23.2. The summed E-state index contributed by atoms with van der Waals surface area (Å²) >= 11 is 0. The van der Waals surface area contributed by atoms with Crippen LogP contribution in [0.3, 0.4) is 0 Å². The van der Waals surface area contributed by atoms with Crippen molar-refractivity contribution >= 4 is 26.7 Å². The zero-order valence-corrected chi connectivity index (χ0v) is 19.8. The van der Waals surface area contributed by atoms with Crippen LogP contribution in [0.25, 0.3) is 10.8 Å². The van der Waals surface area contributed by atoms with Crippen molar-refractivity contribution < 1.29 is 17.9 Å². The zero-order chi connectivity index (χ0) is 23.4. The predicted octanol–water partition coefficient (Wildman–Crippen LogP) is 3.87. The third-order valence-corrected chi connectivity index (χ3v) is 7.79. The van der Waals surface area contributed by atoms with Crippen molar-refractivity contribution in [1.29, 1.82) is 0 Å². The summed E-state index contributed by atoms with van der Waals surface area (Å²) in [6.07, 6.45) is 3.04. The van der Waals surface area contributed by atoms with Crippen molar-refractivity contribution in [2.45, 2.75) is 31.6 Å². The minimum Gasteiger partial charge on any atom is -0.491 e. The fourth-order valence-corrected chi connectivity index (χ4v) is 5.78. The number of hydrogen-bond acceptors (Lipinski definition) is 5. The molecule has 1 aliphatic heterocycles. The Kier molecular flexibility index (Phi) is 6.95. The van der Waals surface area contributed by atoms with Gasteiger partial charge in [-0.3, -0.25) is 9.78 Å².